The Morgan fingerprint density at radius 3 is 3.04 bits per heavy atom. The molecule has 1 aromatic carbocycles. The van der Waals surface area contributed by atoms with Crippen molar-refractivity contribution < 1.29 is 4.79 Å². The Hall–Kier alpha value is -3.00. The number of benzene rings is 1. The number of hydrogen-bond donors (Lipinski definition) is 2. The van der Waals surface area contributed by atoms with Crippen LogP contribution in [0.1, 0.15) is 12.2 Å². The van der Waals surface area contributed by atoms with E-state index in [0.717, 1.165) is 21.7 Å². The van der Waals surface area contributed by atoms with Gasteiger partial charge in [0.25, 0.3) is 5.56 Å². The van der Waals surface area contributed by atoms with E-state index < -0.39 is 0 Å². The highest BCUT2D eigenvalue weighted by molar-refractivity contribution is 7.16. The van der Waals surface area contributed by atoms with E-state index in [0.29, 0.717) is 24.9 Å². The van der Waals surface area contributed by atoms with Gasteiger partial charge in [0, 0.05) is 25.9 Å². The second-order valence-corrected chi connectivity index (χ2v) is 6.83. The molecule has 3 aromatic heterocycles. The topological polar surface area (TPSA) is 92.7 Å². The predicted octanol–water partition coefficient (Wildman–Crippen LogP) is 2.08. The van der Waals surface area contributed by atoms with Crippen LogP contribution in [0.4, 0.5) is 0 Å². The maximum atomic E-state index is 12.3. The Morgan fingerprint density at radius 1 is 1.27 bits per heavy atom. The second kappa shape index (κ2) is 7.09. The van der Waals surface area contributed by atoms with Crippen molar-refractivity contribution in [1.29, 1.82) is 0 Å². The van der Waals surface area contributed by atoms with E-state index in [4.69, 9.17) is 0 Å². The van der Waals surface area contributed by atoms with E-state index in [1.54, 1.807) is 6.07 Å². The number of nitrogens with one attached hydrogen (secondary N) is 2. The molecule has 0 aliphatic rings. The number of aromatic amines is 1. The van der Waals surface area contributed by atoms with Gasteiger partial charge in [-0.3, -0.25) is 14.2 Å². The van der Waals surface area contributed by atoms with Crippen LogP contribution in [-0.4, -0.2) is 32.0 Å². The lowest BCUT2D eigenvalue weighted by molar-refractivity contribution is -0.121. The van der Waals surface area contributed by atoms with Gasteiger partial charge in [-0.25, -0.2) is 9.97 Å². The highest BCUT2D eigenvalue weighted by atomic mass is 32.1. The Morgan fingerprint density at radius 2 is 2.15 bits per heavy atom. The van der Waals surface area contributed by atoms with E-state index >= 15 is 0 Å². The molecular weight excluding hydrogens is 350 g/mol. The lowest BCUT2D eigenvalue weighted by Crippen LogP contribution is -2.29. The van der Waals surface area contributed by atoms with Crippen LogP contribution in [0.3, 0.4) is 0 Å². The number of amides is 1. The number of para-hydroxylation sites is 2. The van der Waals surface area contributed by atoms with Gasteiger partial charge < -0.3 is 10.3 Å². The molecule has 0 aliphatic heterocycles. The summed E-state index contributed by atoms with van der Waals surface area (Å²) in [5.74, 6) is 0.744. The molecule has 3 heterocycles. The number of nitrogens with zero attached hydrogens (tertiary/aromatic N) is 3. The molecule has 7 nitrogen and oxygen atoms in total. The van der Waals surface area contributed by atoms with E-state index in [1.165, 1.54) is 22.2 Å². The Labute approximate surface area is 152 Å². The first-order valence-corrected chi connectivity index (χ1v) is 9.21. The molecule has 0 radical (unpaired) electrons. The van der Waals surface area contributed by atoms with Crippen LogP contribution in [0.5, 0.6) is 0 Å². The molecule has 0 saturated carbocycles. The smallest absolute Gasteiger partial charge is 0.262 e. The van der Waals surface area contributed by atoms with Gasteiger partial charge in [-0.05, 0) is 23.6 Å². The second-order valence-electron chi connectivity index (χ2n) is 5.93. The standard InChI is InChI=1S/C18H17N5O2S/c24-16(6-9-23-11-20-17-12(18(23)25)7-10-26-17)19-8-5-15-21-13-3-1-2-4-14(13)22-15/h1-4,7,10-11H,5-6,8-9H2,(H,19,24)(H,21,22). The molecule has 0 spiro atoms. The van der Waals surface area contributed by atoms with Crippen LogP contribution < -0.4 is 10.9 Å². The summed E-state index contributed by atoms with van der Waals surface area (Å²) in [5, 5.41) is 5.31. The molecule has 0 bridgehead atoms. The lowest BCUT2D eigenvalue weighted by Gasteiger charge is -2.06. The summed E-state index contributed by atoms with van der Waals surface area (Å²) in [6.07, 6.45) is 2.36. The first kappa shape index (κ1) is 16.5. The van der Waals surface area contributed by atoms with Gasteiger partial charge in [0.2, 0.25) is 5.91 Å². The van der Waals surface area contributed by atoms with Crippen LogP contribution in [0.25, 0.3) is 21.3 Å². The van der Waals surface area contributed by atoms with Crippen molar-refractivity contribution in [2.24, 2.45) is 0 Å². The van der Waals surface area contributed by atoms with Gasteiger partial charge in [0.15, 0.2) is 0 Å². The van der Waals surface area contributed by atoms with Gasteiger partial charge in [-0.2, -0.15) is 0 Å². The molecule has 26 heavy (non-hydrogen) atoms. The van der Waals surface area contributed by atoms with Crippen LogP contribution in [0.2, 0.25) is 0 Å². The minimum absolute atomic E-state index is 0.0987. The maximum Gasteiger partial charge on any atom is 0.262 e. The van der Waals surface area contributed by atoms with Crippen molar-refractivity contribution in [3.05, 3.63) is 58.2 Å². The molecule has 4 aromatic rings. The number of carbonyl (C=O) groups is 1. The maximum absolute atomic E-state index is 12.3. The van der Waals surface area contributed by atoms with Gasteiger partial charge >= 0.3 is 0 Å². The van der Waals surface area contributed by atoms with E-state index in [2.05, 4.69) is 20.3 Å². The zero-order valence-electron chi connectivity index (χ0n) is 13.9. The highest BCUT2D eigenvalue weighted by Gasteiger charge is 2.08. The molecule has 4 rings (SSSR count). The predicted molar refractivity (Wildman–Crippen MR) is 101 cm³/mol. The van der Waals surface area contributed by atoms with Crippen LogP contribution in [0, 0.1) is 0 Å². The van der Waals surface area contributed by atoms with Crippen molar-refractivity contribution >= 4 is 38.5 Å². The molecule has 8 heteroatoms. The number of fused-ring (bicyclic) bond motifs is 2. The number of hydrogen-bond acceptors (Lipinski definition) is 5. The number of imidazole rings is 1. The summed E-state index contributed by atoms with van der Waals surface area (Å²) in [5.41, 5.74) is 1.81. The van der Waals surface area contributed by atoms with E-state index in [-0.39, 0.29) is 17.9 Å². The van der Waals surface area contributed by atoms with Crippen molar-refractivity contribution in [2.75, 3.05) is 6.54 Å². The largest absolute Gasteiger partial charge is 0.356 e. The fourth-order valence-electron chi connectivity index (χ4n) is 2.81. The minimum Gasteiger partial charge on any atom is -0.356 e. The molecule has 1 amide bonds. The van der Waals surface area contributed by atoms with Crippen LogP contribution in [-0.2, 0) is 17.8 Å². The van der Waals surface area contributed by atoms with Gasteiger partial charge in [-0.1, -0.05) is 12.1 Å². The Bertz CT molecular complexity index is 1090. The van der Waals surface area contributed by atoms with E-state index in [1.807, 2.05) is 29.6 Å². The summed E-state index contributed by atoms with van der Waals surface area (Å²) >= 11 is 1.43. The molecule has 0 atom stereocenters. The number of aromatic nitrogens is 4. The van der Waals surface area contributed by atoms with Gasteiger partial charge in [0.05, 0.1) is 22.7 Å². The molecule has 132 valence electrons. The number of H-pyrrole nitrogens is 1. The number of aryl methyl sites for hydroxylation is 1. The third-order valence-corrected chi connectivity index (χ3v) is 4.97. The average molecular weight is 367 g/mol. The SMILES string of the molecule is O=C(CCn1cnc2sccc2c1=O)NCCc1nc2ccccc2[nH]1. The summed E-state index contributed by atoms with van der Waals surface area (Å²) in [6.45, 7) is 0.809. The molecule has 0 fully saturated rings. The minimum atomic E-state index is -0.105. The summed E-state index contributed by atoms with van der Waals surface area (Å²) < 4.78 is 1.48. The van der Waals surface area contributed by atoms with E-state index in [9.17, 15) is 9.59 Å². The third kappa shape index (κ3) is 3.36. The van der Waals surface area contributed by atoms with Gasteiger partial charge in [-0.15, -0.1) is 11.3 Å². The zero-order chi connectivity index (χ0) is 17.9. The lowest BCUT2D eigenvalue weighted by atomic mass is 10.3. The fourth-order valence-corrected chi connectivity index (χ4v) is 3.53. The molecule has 0 unspecified atom stereocenters. The van der Waals surface area contributed by atoms with Crippen LogP contribution >= 0.6 is 11.3 Å². The summed E-state index contributed by atoms with van der Waals surface area (Å²) in [4.78, 5) is 37.0. The number of rotatable bonds is 6. The zero-order valence-corrected chi connectivity index (χ0v) is 14.8. The molecule has 0 aliphatic carbocycles. The van der Waals surface area contributed by atoms with Crippen molar-refractivity contribution in [2.45, 2.75) is 19.4 Å². The Balaban J connectivity index is 1.29. The van der Waals surface area contributed by atoms with Crippen molar-refractivity contribution in [1.82, 2.24) is 24.8 Å². The fraction of sp³-hybridized carbons (Fsp3) is 0.222. The van der Waals surface area contributed by atoms with Gasteiger partial charge in [0.1, 0.15) is 10.7 Å². The number of carbonyl (C=O) groups excluding carboxylic acids is 1. The summed E-state index contributed by atoms with van der Waals surface area (Å²) in [6, 6.07) is 9.58. The Kier molecular flexibility index (Phi) is 4.49. The first-order chi connectivity index (χ1) is 12.7. The number of thiophene rings is 1. The monoisotopic (exact) mass is 367 g/mol. The van der Waals surface area contributed by atoms with Crippen molar-refractivity contribution in [3.8, 4) is 0 Å². The molecular formula is C18H17N5O2S. The highest BCUT2D eigenvalue weighted by Crippen LogP contribution is 2.13. The average Bonchev–Trinajstić information content (AvgIpc) is 3.27. The van der Waals surface area contributed by atoms with Crippen LogP contribution in [0.15, 0.2) is 46.8 Å². The quantitative estimate of drug-likeness (QED) is 0.546. The molecule has 0 saturated heterocycles. The third-order valence-electron chi connectivity index (χ3n) is 4.15. The summed E-state index contributed by atoms with van der Waals surface area (Å²) in [7, 11) is 0. The molecule has 2 N–H and O–H groups in total. The normalized spacial score (nSPS) is 11.2. The van der Waals surface area contributed by atoms with Crippen molar-refractivity contribution in [3.63, 3.8) is 0 Å². The first-order valence-electron chi connectivity index (χ1n) is 8.34.